The highest BCUT2D eigenvalue weighted by Crippen LogP contribution is 2.25. The van der Waals surface area contributed by atoms with Crippen molar-refractivity contribution in [3.8, 4) is 0 Å². The molecule has 2 bridgehead atoms. The van der Waals surface area contributed by atoms with Crippen LogP contribution in [0.3, 0.4) is 0 Å². The lowest BCUT2D eigenvalue weighted by Crippen LogP contribution is -2.12. The van der Waals surface area contributed by atoms with Crippen molar-refractivity contribution in [2.24, 2.45) is 0 Å². The Balaban J connectivity index is 2.41. The Morgan fingerprint density at radius 2 is 1.24 bits per heavy atom. The molecule has 1 aromatic carbocycles. The van der Waals surface area contributed by atoms with E-state index in [9.17, 15) is 9.59 Å². The molecular weight excluding hydrogens is 214 g/mol. The fourth-order valence-corrected chi connectivity index (χ4v) is 2.88. The monoisotopic (exact) mass is 229 g/mol. The second-order valence-corrected chi connectivity index (χ2v) is 4.82. The molecule has 0 amide bonds. The van der Waals surface area contributed by atoms with Crippen LogP contribution < -0.4 is 11.1 Å². The number of aromatic nitrogens is 1. The molecule has 88 valence electrons. The zero-order chi connectivity index (χ0) is 11.8. The van der Waals surface area contributed by atoms with Crippen LogP contribution in [-0.4, -0.2) is 4.98 Å². The zero-order valence-electron chi connectivity index (χ0n) is 9.71. The molecular formula is C14H15NO2. The maximum absolute atomic E-state index is 11.9. The largest absolute Gasteiger partial charge is 0.288 e. The van der Waals surface area contributed by atoms with E-state index in [1.165, 1.54) is 12.8 Å². The lowest BCUT2D eigenvalue weighted by Gasteiger charge is -2.14. The van der Waals surface area contributed by atoms with Crippen molar-refractivity contribution in [2.45, 2.75) is 38.5 Å². The number of rotatable bonds is 0. The molecule has 1 aliphatic carbocycles. The first kappa shape index (κ1) is 10.5. The van der Waals surface area contributed by atoms with Crippen molar-refractivity contribution < 1.29 is 0 Å². The van der Waals surface area contributed by atoms with Crippen LogP contribution in [0.4, 0.5) is 0 Å². The molecule has 0 saturated carbocycles. The molecule has 0 saturated heterocycles. The van der Waals surface area contributed by atoms with Gasteiger partial charge >= 0.3 is 0 Å². The standard InChI is InChI=1S/C14H15NO2/c16-13-11-7-8-12(14(17)15-13)10-6-4-2-1-3-5-9(10)11/h7-8H,1-6H2,(H,15,16,17). The number of nitrogens with one attached hydrogen (secondary N) is 1. The Hall–Kier alpha value is -1.64. The third-order valence-corrected chi connectivity index (χ3v) is 3.75. The molecule has 2 heterocycles. The summed E-state index contributed by atoms with van der Waals surface area (Å²) in [6.45, 7) is 0. The van der Waals surface area contributed by atoms with Gasteiger partial charge in [-0.25, -0.2) is 0 Å². The summed E-state index contributed by atoms with van der Waals surface area (Å²) in [6.07, 6.45) is 6.53. The highest BCUT2D eigenvalue weighted by molar-refractivity contribution is 5.74. The van der Waals surface area contributed by atoms with Crippen molar-refractivity contribution in [1.29, 1.82) is 0 Å². The van der Waals surface area contributed by atoms with Gasteiger partial charge in [-0.15, -0.1) is 0 Å². The first-order valence-corrected chi connectivity index (χ1v) is 6.28. The summed E-state index contributed by atoms with van der Waals surface area (Å²) in [6, 6.07) is 3.60. The molecule has 17 heavy (non-hydrogen) atoms. The molecule has 1 N–H and O–H groups in total. The number of aromatic amines is 1. The molecule has 0 unspecified atom stereocenters. The van der Waals surface area contributed by atoms with Crippen molar-refractivity contribution in [1.82, 2.24) is 4.98 Å². The SMILES string of the molecule is O=c1[nH]c(=O)c2ccc1c1c2CCCCCC1. The van der Waals surface area contributed by atoms with Gasteiger partial charge in [-0.2, -0.15) is 0 Å². The van der Waals surface area contributed by atoms with Gasteiger partial charge in [-0.1, -0.05) is 12.8 Å². The van der Waals surface area contributed by atoms with Crippen molar-refractivity contribution in [3.63, 3.8) is 0 Å². The van der Waals surface area contributed by atoms with E-state index in [2.05, 4.69) is 4.98 Å². The Labute approximate surface area is 98.8 Å². The van der Waals surface area contributed by atoms with Gasteiger partial charge in [0.2, 0.25) is 0 Å². The van der Waals surface area contributed by atoms with Gasteiger partial charge in [0.25, 0.3) is 11.1 Å². The Kier molecular flexibility index (Phi) is 2.46. The third-order valence-electron chi connectivity index (χ3n) is 3.75. The second-order valence-electron chi connectivity index (χ2n) is 4.82. The van der Waals surface area contributed by atoms with E-state index in [0.29, 0.717) is 10.8 Å². The highest BCUT2D eigenvalue weighted by Gasteiger charge is 2.15. The molecule has 2 aromatic heterocycles. The van der Waals surface area contributed by atoms with E-state index in [0.717, 1.165) is 36.8 Å². The number of benzene rings is 1. The van der Waals surface area contributed by atoms with Gasteiger partial charge in [-0.05, 0) is 48.9 Å². The van der Waals surface area contributed by atoms with Gasteiger partial charge in [0.15, 0.2) is 0 Å². The smallest absolute Gasteiger partial charge is 0.258 e. The number of hydrogen-bond acceptors (Lipinski definition) is 2. The van der Waals surface area contributed by atoms with Crippen LogP contribution in [-0.2, 0) is 12.8 Å². The summed E-state index contributed by atoms with van der Waals surface area (Å²) < 4.78 is 0. The first-order chi connectivity index (χ1) is 8.27. The average Bonchev–Trinajstić information content (AvgIpc) is 2.45. The molecule has 3 nitrogen and oxygen atoms in total. The normalized spacial score (nSPS) is 16.5. The molecule has 0 aliphatic heterocycles. The minimum absolute atomic E-state index is 0.230. The van der Waals surface area contributed by atoms with Crippen LogP contribution >= 0.6 is 0 Å². The van der Waals surface area contributed by atoms with Crippen LogP contribution in [0.15, 0.2) is 21.7 Å². The summed E-state index contributed by atoms with van der Waals surface area (Å²) in [5.41, 5.74) is 1.77. The molecule has 0 fully saturated rings. The first-order valence-electron chi connectivity index (χ1n) is 6.28. The van der Waals surface area contributed by atoms with Crippen molar-refractivity contribution >= 4 is 10.8 Å². The van der Waals surface area contributed by atoms with Crippen LogP contribution in [0, 0.1) is 0 Å². The molecule has 0 spiro atoms. The number of hydrogen-bond donors (Lipinski definition) is 1. The van der Waals surface area contributed by atoms with Gasteiger partial charge in [0.05, 0.1) is 0 Å². The Bertz CT molecular complexity index is 601. The second kappa shape index (κ2) is 3.99. The molecule has 1 aliphatic rings. The number of H-pyrrole nitrogens is 1. The number of fused-ring (bicyclic) bond motifs is 3. The summed E-state index contributed by atoms with van der Waals surface area (Å²) in [7, 11) is 0. The minimum atomic E-state index is -0.230. The summed E-state index contributed by atoms with van der Waals surface area (Å²) in [5.74, 6) is 0. The van der Waals surface area contributed by atoms with Crippen LogP contribution in [0.2, 0.25) is 0 Å². The minimum Gasteiger partial charge on any atom is -0.288 e. The predicted octanol–water partition coefficient (Wildman–Crippen LogP) is 1.99. The molecule has 4 rings (SSSR count). The van der Waals surface area contributed by atoms with Crippen molar-refractivity contribution in [3.05, 3.63) is 44.0 Å². The highest BCUT2D eigenvalue weighted by atomic mass is 16.2. The quantitative estimate of drug-likeness (QED) is 0.751. The van der Waals surface area contributed by atoms with E-state index < -0.39 is 0 Å². The van der Waals surface area contributed by atoms with E-state index in [1.54, 1.807) is 12.1 Å². The molecule has 0 radical (unpaired) electrons. The van der Waals surface area contributed by atoms with Gasteiger partial charge in [0, 0.05) is 10.8 Å². The van der Waals surface area contributed by atoms with Gasteiger partial charge in [0.1, 0.15) is 0 Å². The van der Waals surface area contributed by atoms with E-state index in [-0.39, 0.29) is 11.1 Å². The summed E-state index contributed by atoms with van der Waals surface area (Å²) in [4.78, 5) is 26.2. The maximum Gasteiger partial charge on any atom is 0.258 e. The van der Waals surface area contributed by atoms with Gasteiger partial charge < -0.3 is 0 Å². The Morgan fingerprint density at radius 1 is 0.765 bits per heavy atom. The van der Waals surface area contributed by atoms with E-state index >= 15 is 0 Å². The lowest BCUT2D eigenvalue weighted by molar-refractivity contribution is 0.620. The molecule has 0 atom stereocenters. The molecule has 3 heteroatoms. The third kappa shape index (κ3) is 1.66. The zero-order valence-corrected chi connectivity index (χ0v) is 9.71. The van der Waals surface area contributed by atoms with E-state index in [4.69, 9.17) is 0 Å². The number of aryl methyl sites for hydroxylation is 2. The topological polar surface area (TPSA) is 49.9 Å². The van der Waals surface area contributed by atoms with Gasteiger partial charge in [-0.3, -0.25) is 14.6 Å². The fraction of sp³-hybridized carbons (Fsp3) is 0.429. The fourth-order valence-electron chi connectivity index (χ4n) is 2.88. The molecule has 3 aromatic rings. The lowest BCUT2D eigenvalue weighted by atomic mass is 9.90. The maximum atomic E-state index is 11.9. The van der Waals surface area contributed by atoms with Crippen LogP contribution in [0.5, 0.6) is 0 Å². The van der Waals surface area contributed by atoms with E-state index in [1.807, 2.05) is 0 Å². The Morgan fingerprint density at radius 3 is 1.71 bits per heavy atom. The van der Waals surface area contributed by atoms with Crippen molar-refractivity contribution in [2.75, 3.05) is 0 Å². The average molecular weight is 229 g/mol. The summed E-state index contributed by atoms with van der Waals surface area (Å²) >= 11 is 0. The summed E-state index contributed by atoms with van der Waals surface area (Å²) in [5, 5.41) is 1.41. The van der Waals surface area contributed by atoms with Crippen LogP contribution in [0.1, 0.15) is 36.8 Å². The van der Waals surface area contributed by atoms with Crippen LogP contribution in [0.25, 0.3) is 10.8 Å². The predicted molar refractivity (Wildman–Crippen MR) is 67.9 cm³/mol.